The summed E-state index contributed by atoms with van der Waals surface area (Å²) in [5.74, 6) is 0. The molecular formula is C13H23N3O2S2. The first kappa shape index (κ1) is 15.9. The molecule has 20 heavy (non-hydrogen) atoms. The highest BCUT2D eigenvalue weighted by atomic mass is 32.2. The molecule has 1 aromatic rings. The Morgan fingerprint density at radius 1 is 1.30 bits per heavy atom. The molecule has 2 heterocycles. The summed E-state index contributed by atoms with van der Waals surface area (Å²) < 4.78 is 27.5. The molecule has 114 valence electrons. The van der Waals surface area contributed by atoms with Gasteiger partial charge in [0.1, 0.15) is 4.21 Å². The van der Waals surface area contributed by atoms with Crippen LogP contribution in [0.25, 0.3) is 0 Å². The van der Waals surface area contributed by atoms with Crippen LogP contribution in [-0.2, 0) is 16.6 Å². The van der Waals surface area contributed by atoms with E-state index in [1.807, 2.05) is 13.1 Å². The lowest BCUT2D eigenvalue weighted by Gasteiger charge is -2.41. The first-order valence-electron chi connectivity index (χ1n) is 6.81. The Balaban J connectivity index is 2.21. The SMILES string of the molecule is CNCc1ccc(S(=O)(=O)N2CC(C)N(C)C(C)C2)s1. The molecule has 0 aromatic carbocycles. The van der Waals surface area contributed by atoms with Gasteiger partial charge in [-0.05, 0) is 40.1 Å². The van der Waals surface area contributed by atoms with Crippen LogP contribution in [-0.4, -0.2) is 56.9 Å². The molecule has 0 bridgehead atoms. The third-order valence-corrected chi connectivity index (χ3v) is 7.29. The minimum Gasteiger partial charge on any atom is -0.315 e. The van der Waals surface area contributed by atoms with Crippen LogP contribution in [0.4, 0.5) is 0 Å². The number of piperazine rings is 1. The summed E-state index contributed by atoms with van der Waals surface area (Å²) in [7, 11) is 0.559. The van der Waals surface area contributed by atoms with Gasteiger partial charge >= 0.3 is 0 Å². The first-order valence-corrected chi connectivity index (χ1v) is 9.07. The molecule has 1 saturated heterocycles. The summed E-state index contributed by atoms with van der Waals surface area (Å²) in [6.45, 7) is 5.96. The fraction of sp³-hybridized carbons (Fsp3) is 0.692. The molecule has 1 N–H and O–H groups in total. The van der Waals surface area contributed by atoms with Crippen LogP contribution in [0.1, 0.15) is 18.7 Å². The Morgan fingerprint density at radius 3 is 2.45 bits per heavy atom. The first-order chi connectivity index (χ1) is 9.36. The van der Waals surface area contributed by atoms with E-state index in [0.29, 0.717) is 23.8 Å². The molecule has 1 aromatic heterocycles. The van der Waals surface area contributed by atoms with Gasteiger partial charge in [0.15, 0.2) is 0 Å². The van der Waals surface area contributed by atoms with Crippen molar-refractivity contribution in [1.29, 1.82) is 0 Å². The van der Waals surface area contributed by atoms with E-state index in [4.69, 9.17) is 0 Å². The monoisotopic (exact) mass is 317 g/mol. The highest BCUT2D eigenvalue weighted by molar-refractivity contribution is 7.91. The van der Waals surface area contributed by atoms with Crippen LogP contribution in [0, 0.1) is 0 Å². The Morgan fingerprint density at radius 2 is 1.90 bits per heavy atom. The summed E-state index contributed by atoms with van der Waals surface area (Å²) >= 11 is 1.36. The van der Waals surface area contributed by atoms with Gasteiger partial charge in [-0.15, -0.1) is 11.3 Å². The molecule has 0 spiro atoms. The Labute approximate surface area is 125 Å². The molecule has 0 radical (unpaired) electrons. The Kier molecular flexibility index (Phi) is 4.86. The van der Waals surface area contributed by atoms with Crippen LogP contribution < -0.4 is 5.32 Å². The summed E-state index contributed by atoms with van der Waals surface area (Å²) in [5, 5.41) is 3.04. The second kappa shape index (κ2) is 6.11. The molecular weight excluding hydrogens is 294 g/mol. The third-order valence-electron chi connectivity index (χ3n) is 3.91. The smallest absolute Gasteiger partial charge is 0.252 e. The lowest BCUT2D eigenvalue weighted by atomic mass is 10.1. The molecule has 2 unspecified atom stereocenters. The zero-order chi connectivity index (χ0) is 14.9. The second-order valence-electron chi connectivity index (χ2n) is 5.44. The van der Waals surface area contributed by atoms with Crippen molar-refractivity contribution in [3.05, 3.63) is 17.0 Å². The molecule has 1 fully saturated rings. The second-order valence-corrected chi connectivity index (χ2v) is 8.77. The van der Waals surface area contributed by atoms with Crippen LogP contribution in [0.5, 0.6) is 0 Å². The van der Waals surface area contributed by atoms with Crippen molar-refractivity contribution in [1.82, 2.24) is 14.5 Å². The normalized spacial score (nSPS) is 26.0. The van der Waals surface area contributed by atoms with Crippen molar-refractivity contribution < 1.29 is 8.42 Å². The van der Waals surface area contributed by atoms with Crippen molar-refractivity contribution in [3.63, 3.8) is 0 Å². The number of likely N-dealkylation sites (N-methyl/N-ethyl adjacent to an activating group) is 1. The number of rotatable bonds is 4. The molecule has 1 aliphatic rings. The maximum Gasteiger partial charge on any atom is 0.252 e. The number of nitrogens with one attached hydrogen (secondary N) is 1. The van der Waals surface area contributed by atoms with E-state index in [2.05, 4.69) is 31.1 Å². The third kappa shape index (κ3) is 3.07. The minimum atomic E-state index is -3.35. The fourth-order valence-electron chi connectivity index (χ4n) is 2.45. The number of nitrogens with zero attached hydrogens (tertiary/aromatic N) is 2. The summed E-state index contributed by atoms with van der Waals surface area (Å²) in [5.41, 5.74) is 0. The molecule has 0 amide bonds. The van der Waals surface area contributed by atoms with Gasteiger partial charge in [0, 0.05) is 36.6 Å². The highest BCUT2D eigenvalue weighted by Crippen LogP contribution is 2.27. The molecule has 2 rings (SSSR count). The van der Waals surface area contributed by atoms with Crippen molar-refractivity contribution in [3.8, 4) is 0 Å². The summed E-state index contributed by atoms with van der Waals surface area (Å²) in [4.78, 5) is 3.27. The van der Waals surface area contributed by atoms with Crippen LogP contribution in [0.15, 0.2) is 16.3 Å². The maximum atomic E-state index is 12.7. The average molecular weight is 317 g/mol. The maximum absolute atomic E-state index is 12.7. The van der Waals surface area contributed by atoms with Crippen LogP contribution >= 0.6 is 11.3 Å². The number of thiophene rings is 1. The van der Waals surface area contributed by atoms with Crippen molar-refractivity contribution in [2.75, 3.05) is 27.2 Å². The van der Waals surface area contributed by atoms with E-state index in [9.17, 15) is 8.42 Å². The van der Waals surface area contributed by atoms with E-state index < -0.39 is 10.0 Å². The summed E-state index contributed by atoms with van der Waals surface area (Å²) in [6, 6.07) is 4.09. The molecule has 1 aliphatic heterocycles. The van der Waals surface area contributed by atoms with Gasteiger partial charge in [-0.2, -0.15) is 4.31 Å². The van der Waals surface area contributed by atoms with Gasteiger partial charge in [-0.25, -0.2) is 8.42 Å². The van der Waals surface area contributed by atoms with Crippen molar-refractivity contribution in [2.45, 2.75) is 36.7 Å². The average Bonchev–Trinajstić information content (AvgIpc) is 2.85. The van der Waals surface area contributed by atoms with E-state index in [1.54, 1.807) is 10.4 Å². The fourth-order valence-corrected chi connectivity index (χ4v) is 5.57. The Hall–Kier alpha value is -0.470. The van der Waals surface area contributed by atoms with Crippen LogP contribution in [0.3, 0.4) is 0 Å². The van der Waals surface area contributed by atoms with Gasteiger partial charge in [-0.3, -0.25) is 4.90 Å². The zero-order valence-corrected chi connectivity index (χ0v) is 14.1. The molecule has 2 atom stereocenters. The zero-order valence-electron chi connectivity index (χ0n) is 12.5. The van der Waals surface area contributed by atoms with Gasteiger partial charge in [0.25, 0.3) is 10.0 Å². The standard InChI is InChI=1S/C13H23N3O2S2/c1-10-8-16(9-11(2)15(10)4)20(17,18)13-6-5-12(19-13)7-14-3/h5-6,10-11,14H,7-9H2,1-4H3. The minimum absolute atomic E-state index is 0.241. The van der Waals surface area contributed by atoms with Gasteiger partial charge in [0.2, 0.25) is 0 Å². The topological polar surface area (TPSA) is 52.7 Å². The van der Waals surface area contributed by atoms with Crippen molar-refractivity contribution >= 4 is 21.4 Å². The Bertz CT molecular complexity index is 544. The molecule has 0 saturated carbocycles. The predicted molar refractivity (Wildman–Crippen MR) is 82.5 cm³/mol. The largest absolute Gasteiger partial charge is 0.315 e. The van der Waals surface area contributed by atoms with Gasteiger partial charge in [-0.1, -0.05) is 0 Å². The molecule has 7 heteroatoms. The van der Waals surface area contributed by atoms with E-state index in [0.717, 1.165) is 4.88 Å². The lowest BCUT2D eigenvalue weighted by molar-refractivity contribution is 0.105. The van der Waals surface area contributed by atoms with Gasteiger partial charge in [0.05, 0.1) is 0 Å². The quantitative estimate of drug-likeness (QED) is 0.906. The van der Waals surface area contributed by atoms with E-state index in [1.165, 1.54) is 11.3 Å². The predicted octanol–water partition coefficient (Wildman–Crippen LogP) is 1.18. The summed E-state index contributed by atoms with van der Waals surface area (Å²) in [6.07, 6.45) is 0. The molecule has 5 nitrogen and oxygen atoms in total. The molecule has 0 aliphatic carbocycles. The van der Waals surface area contributed by atoms with Crippen molar-refractivity contribution in [2.24, 2.45) is 0 Å². The highest BCUT2D eigenvalue weighted by Gasteiger charge is 2.35. The lowest BCUT2D eigenvalue weighted by Crippen LogP contribution is -2.56. The number of hydrogen-bond donors (Lipinski definition) is 1. The van der Waals surface area contributed by atoms with E-state index >= 15 is 0 Å². The van der Waals surface area contributed by atoms with Gasteiger partial charge < -0.3 is 5.32 Å². The van der Waals surface area contributed by atoms with Crippen LogP contribution in [0.2, 0.25) is 0 Å². The number of hydrogen-bond acceptors (Lipinski definition) is 5. The van der Waals surface area contributed by atoms with E-state index in [-0.39, 0.29) is 12.1 Å². The number of sulfonamides is 1.